The molecule has 0 radical (unpaired) electrons. The Morgan fingerprint density at radius 1 is 1.26 bits per heavy atom. The molecule has 1 aromatic rings. The van der Waals surface area contributed by atoms with E-state index in [0.29, 0.717) is 0 Å². The molecule has 1 rings (SSSR count). The lowest BCUT2D eigenvalue weighted by atomic mass is 10.1. The van der Waals surface area contributed by atoms with Gasteiger partial charge in [-0.2, -0.15) is 0 Å². The van der Waals surface area contributed by atoms with Gasteiger partial charge >= 0.3 is 5.97 Å². The highest BCUT2D eigenvalue weighted by molar-refractivity contribution is 7.93. The molecule has 0 atom stereocenters. The van der Waals surface area contributed by atoms with Crippen LogP contribution in [-0.4, -0.2) is 50.1 Å². The fourth-order valence-corrected chi connectivity index (χ4v) is 2.28. The van der Waals surface area contributed by atoms with Crippen LogP contribution in [0.15, 0.2) is 24.3 Å². The van der Waals surface area contributed by atoms with Crippen molar-refractivity contribution in [3.05, 3.63) is 29.8 Å². The molecule has 0 saturated heterocycles. The van der Waals surface area contributed by atoms with Crippen molar-refractivity contribution < 1.29 is 23.1 Å². The summed E-state index contributed by atoms with van der Waals surface area (Å²) in [4.78, 5) is 23.6. The molecule has 19 heavy (non-hydrogen) atoms. The maximum atomic E-state index is 11.8. The van der Waals surface area contributed by atoms with Gasteiger partial charge in [0.25, 0.3) is 5.91 Å². The molecule has 1 amide bonds. The summed E-state index contributed by atoms with van der Waals surface area (Å²) in [6.45, 7) is 0. The number of carboxylic acids is 1. The van der Waals surface area contributed by atoms with E-state index in [1.807, 2.05) is 0 Å². The number of para-hydroxylation sites is 1. The van der Waals surface area contributed by atoms with Gasteiger partial charge in [-0.15, -0.1) is 0 Å². The first kappa shape index (κ1) is 15.0. The lowest BCUT2D eigenvalue weighted by molar-refractivity contribution is -0.134. The summed E-state index contributed by atoms with van der Waals surface area (Å²) in [7, 11) is -0.971. The summed E-state index contributed by atoms with van der Waals surface area (Å²) in [5.41, 5.74) is 0.212. The van der Waals surface area contributed by atoms with Gasteiger partial charge in [0, 0.05) is 14.1 Å². The van der Waals surface area contributed by atoms with Crippen molar-refractivity contribution in [2.45, 2.75) is 0 Å². The van der Waals surface area contributed by atoms with Gasteiger partial charge in [-0.05, 0) is 12.1 Å². The Morgan fingerprint density at radius 2 is 1.84 bits per heavy atom. The normalized spacial score (nSPS) is 10.8. The quantitative estimate of drug-likeness (QED) is 0.805. The molecular weight excluding hydrogens is 272 g/mol. The van der Waals surface area contributed by atoms with Gasteiger partial charge < -0.3 is 10.0 Å². The summed E-state index contributed by atoms with van der Waals surface area (Å²) >= 11 is 0. The smallest absolute Gasteiger partial charge is 0.320 e. The summed E-state index contributed by atoms with van der Waals surface area (Å²) in [6, 6.07) is 5.99. The molecule has 0 aliphatic heterocycles. The van der Waals surface area contributed by atoms with E-state index in [1.54, 1.807) is 12.1 Å². The second-order valence-corrected chi connectivity index (χ2v) is 5.72. The largest absolute Gasteiger partial charge is 0.480 e. The Bertz CT molecular complexity index is 595. The minimum absolute atomic E-state index is 0.0578. The molecule has 2 N–H and O–H groups in total. The van der Waals surface area contributed by atoms with Crippen LogP contribution in [0.5, 0.6) is 0 Å². The fourth-order valence-electron chi connectivity index (χ4n) is 1.37. The number of benzene rings is 1. The number of anilines is 1. The van der Waals surface area contributed by atoms with Crippen LogP contribution in [0, 0.1) is 0 Å². The molecule has 0 spiro atoms. The molecule has 0 unspecified atom stereocenters. The summed E-state index contributed by atoms with van der Waals surface area (Å²) in [6.07, 6.45) is 0. The standard InChI is InChI=1S/C11H14N2O5S/c1-13(2)11(16)8-5-3-4-6-9(8)12-19(17,18)7-10(14)15/h3-6,12H,7H2,1-2H3,(H,14,15). The highest BCUT2D eigenvalue weighted by atomic mass is 32.2. The lowest BCUT2D eigenvalue weighted by Gasteiger charge is -2.14. The molecule has 104 valence electrons. The molecule has 1 aromatic carbocycles. The Balaban J connectivity index is 3.09. The van der Waals surface area contributed by atoms with E-state index in [-0.39, 0.29) is 17.2 Å². The van der Waals surface area contributed by atoms with Crippen molar-refractivity contribution in [3.63, 3.8) is 0 Å². The molecule has 0 heterocycles. The first-order valence-corrected chi connectivity index (χ1v) is 6.91. The van der Waals surface area contributed by atoms with Gasteiger partial charge in [-0.1, -0.05) is 12.1 Å². The number of hydrogen-bond donors (Lipinski definition) is 2. The summed E-state index contributed by atoms with van der Waals surface area (Å²) in [5.74, 6) is -2.91. The molecule has 8 heteroatoms. The first-order valence-electron chi connectivity index (χ1n) is 5.26. The topological polar surface area (TPSA) is 104 Å². The van der Waals surface area contributed by atoms with Crippen molar-refractivity contribution >= 4 is 27.6 Å². The predicted molar refractivity (Wildman–Crippen MR) is 69.5 cm³/mol. The van der Waals surface area contributed by atoms with Crippen molar-refractivity contribution in [1.82, 2.24) is 4.90 Å². The Hall–Kier alpha value is -2.09. The number of hydrogen-bond acceptors (Lipinski definition) is 4. The second-order valence-electron chi connectivity index (χ2n) is 4.00. The number of amides is 1. The second kappa shape index (κ2) is 5.70. The average Bonchev–Trinajstić information content (AvgIpc) is 2.26. The van der Waals surface area contributed by atoms with Gasteiger partial charge in [-0.3, -0.25) is 14.3 Å². The zero-order chi connectivity index (χ0) is 14.6. The monoisotopic (exact) mass is 286 g/mol. The van der Waals surface area contributed by atoms with Crippen LogP contribution >= 0.6 is 0 Å². The number of aliphatic carboxylic acids is 1. The van der Waals surface area contributed by atoms with Crippen LogP contribution < -0.4 is 4.72 Å². The van der Waals surface area contributed by atoms with Crippen LogP contribution in [0.25, 0.3) is 0 Å². The fraction of sp³-hybridized carbons (Fsp3) is 0.273. The van der Waals surface area contributed by atoms with E-state index in [1.165, 1.54) is 31.1 Å². The SMILES string of the molecule is CN(C)C(=O)c1ccccc1NS(=O)(=O)CC(=O)O. The highest BCUT2D eigenvalue weighted by Gasteiger charge is 2.19. The number of sulfonamides is 1. The first-order chi connectivity index (χ1) is 8.73. The van der Waals surface area contributed by atoms with Gasteiger partial charge in [-0.25, -0.2) is 8.42 Å². The number of nitrogens with zero attached hydrogens (tertiary/aromatic N) is 1. The summed E-state index contributed by atoms with van der Waals surface area (Å²) in [5, 5.41) is 8.50. The number of carbonyl (C=O) groups excluding carboxylic acids is 1. The van der Waals surface area contributed by atoms with Crippen LogP contribution in [0.4, 0.5) is 5.69 Å². The van der Waals surface area contributed by atoms with Crippen LogP contribution in [0.1, 0.15) is 10.4 Å². The number of carbonyl (C=O) groups is 2. The molecule has 0 aliphatic carbocycles. The third-order valence-electron chi connectivity index (χ3n) is 2.14. The lowest BCUT2D eigenvalue weighted by Crippen LogP contribution is -2.26. The van der Waals surface area contributed by atoms with Crippen LogP contribution in [0.2, 0.25) is 0 Å². The third kappa shape index (κ3) is 4.25. The maximum Gasteiger partial charge on any atom is 0.320 e. The van der Waals surface area contributed by atoms with Crippen LogP contribution in [-0.2, 0) is 14.8 Å². The molecule has 0 aliphatic rings. The molecular formula is C11H14N2O5S. The zero-order valence-corrected chi connectivity index (χ0v) is 11.3. The van der Waals surface area contributed by atoms with E-state index < -0.39 is 21.7 Å². The average molecular weight is 286 g/mol. The van der Waals surface area contributed by atoms with Gasteiger partial charge in [0.1, 0.15) is 0 Å². The van der Waals surface area contributed by atoms with E-state index in [2.05, 4.69) is 4.72 Å². The van der Waals surface area contributed by atoms with Crippen molar-refractivity contribution in [1.29, 1.82) is 0 Å². The Labute approximate surface area is 110 Å². The minimum Gasteiger partial charge on any atom is -0.480 e. The van der Waals surface area contributed by atoms with Crippen molar-refractivity contribution in [3.8, 4) is 0 Å². The molecule has 7 nitrogen and oxygen atoms in total. The van der Waals surface area contributed by atoms with Crippen LogP contribution in [0.3, 0.4) is 0 Å². The molecule has 0 aromatic heterocycles. The molecule has 0 bridgehead atoms. The van der Waals surface area contributed by atoms with Crippen molar-refractivity contribution in [2.24, 2.45) is 0 Å². The minimum atomic E-state index is -4.04. The highest BCUT2D eigenvalue weighted by Crippen LogP contribution is 2.18. The summed E-state index contributed by atoms with van der Waals surface area (Å²) < 4.78 is 25.2. The maximum absolute atomic E-state index is 11.8. The van der Waals surface area contributed by atoms with E-state index in [9.17, 15) is 18.0 Å². The number of nitrogens with one attached hydrogen (secondary N) is 1. The van der Waals surface area contributed by atoms with E-state index in [4.69, 9.17) is 5.11 Å². The molecule has 0 fully saturated rings. The Morgan fingerprint density at radius 3 is 2.37 bits per heavy atom. The third-order valence-corrected chi connectivity index (χ3v) is 3.30. The van der Waals surface area contributed by atoms with E-state index in [0.717, 1.165) is 0 Å². The van der Waals surface area contributed by atoms with E-state index >= 15 is 0 Å². The van der Waals surface area contributed by atoms with Gasteiger partial charge in [0.2, 0.25) is 10.0 Å². The zero-order valence-electron chi connectivity index (χ0n) is 10.5. The number of carboxylic acid groups (broad SMARTS) is 1. The number of rotatable bonds is 5. The Kier molecular flexibility index (Phi) is 4.49. The van der Waals surface area contributed by atoms with Gasteiger partial charge in [0.15, 0.2) is 5.75 Å². The van der Waals surface area contributed by atoms with Gasteiger partial charge in [0.05, 0.1) is 11.3 Å². The molecule has 0 saturated carbocycles. The van der Waals surface area contributed by atoms with Crippen molar-refractivity contribution in [2.75, 3.05) is 24.6 Å². The predicted octanol–water partition coefficient (Wildman–Crippen LogP) is 0.215.